The zero-order valence-corrected chi connectivity index (χ0v) is 7.96. The minimum absolute atomic E-state index is 0.283. The molecule has 1 aromatic heterocycles. The summed E-state index contributed by atoms with van der Waals surface area (Å²) in [6, 6.07) is 0. The number of nitrogens with two attached hydrogens (primary N) is 1. The second-order valence-corrected chi connectivity index (χ2v) is 3.03. The number of primary amides is 1. The lowest BCUT2D eigenvalue weighted by Crippen LogP contribution is -2.13. The SMILES string of the molecule is CCCCc1c(C(N)=O)noc1C. The molecule has 1 rings (SSSR count). The van der Waals surface area contributed by atoms with E-state index in [0.29, 0.717) is 5.76 Å². The van der Waals surface area contributed by atoms with Crippen molar-refractivity contribution in [3.63, 3.8) is 0 Å². The quantitative estimate of drug-likeness (QED) is 0.765. The van der Waals surface area contributed by atoms with Crippen molar-refractivity contribution >= 4 is 5.91 Å². The third-order valence-corrected chi connectivity index (χ3v) is 2.00. The van der Waals surface area contributed by atoms with Gasteiger partial charge in [0.05, 0.1) is 0 Å². The Kier molecular flexibility index (Phi) is 3.06. The molecule has 0 aliphatic rings. The predicted molar refractivity (Wildman–Crippen MR) is 48.4 cm³/mol. The summed E-state index contributed by atoms with van der Waals surface area (Å²) in [4.78, 5) is 10.9. The van der Waals surface area contributed by atoms with Crippen LogP contribution in [0.2, 0.25) is 0 Å². The molecule has 1 amide bonds. The van der Waals surface area contributed by atoms with Gasteiger partial charge in [0.25, 0.3) is 5.91 Å². The van der Waals surface area contributed by atoms with Crippen LogP contribution in [-0.2, 0) is 6.42 Å². The Hall–Kier alpha value is -1.32. The summed E-state index contributed by atoms with van der Waals surface area (Å²) in [6.07, 6.45) is 2.90. The van der Waals surface area contributed by atoms with Gasteiger partial charge in [-0.1, -0.05) is 18.5 Å². The van der Waals surface area contributed by atoms with Gasteiger partial charge < -0.3 is 10.3 Å². The second-order valence-electron chi connectivity index (χ2n) is 3.03. The maximum absolute atomic E-state index is 10.9. The standard InChI is InChI=1S/C9H14N2O2/c1-3-4-5-7-6(2)13-11-8(7)9(10)12/h3-5H2,1-2H3,(H2,10,12). The number of aryl methyl sites for hydroxylation is 1. The molecule has 1 heterocycles. The Morgan fingerprint density at radius 2 is 2.31 bits per heavy atom. The van der Waals surface area contributed by atoms with Crippen LogP contribution >= 0.6 is 0 Å². The van der Waals surface area contributed by atoms with Crippen molar-refractivity contribution in [3.05, 3.63) is 17.0 Å². The first-order valence-electron chi connectivity index (χ1n) is 4.41. The van der Waals surface area contributed by atoms with E-state index in [9.17, 15) is 4.79 Å². The van der Waals surface area contributed by atoms with Crippen LogP contribution in [0.4, 0.5) is 0 Å². The molecule has 1 aromatic rings. The van der Waals surface area contributed by atoms with E-state index in [-0.39, 0.29) is 5.69 Å². The third-order valence-electron chi connectivity index (χ3n) is 2.00. The number of amides is 1. The van der Waals surface area contributed by atoms with Crippen LogP contribution in [0.25, 0.3) is 0 Å². The van der Waals surface area contributed by atoms with E-state index in [1.807, 2.05) is 0 Å². The molecule has 0 aliphatic carbocycles. The van der Waals surface area contributed by atoms with Crippen LogP contribution in [0.5, 0.6) is 0 Å². The Labute approximate surface area is 77.1 Å². The van der Waals surface area contributed by atoms with Crippen molar-refractivity contribution < 1.29 is 9.32 Å². The normalized spacial score (nSPS) is 10.3. The molecular formula is C9H14N2O2. The molecule has 72 valence electrons. The summed E-state index contributed by atoms with van der Waals surface area (Å²) in [5, 5.41) is 3.62. The van der Waals surface area contributed by atoms with Crippen LogP contribution in [0.3, 0.4) is 0 Å². The molecule has 4 heteroatoms. The number of hydrogen-bond acceptors (Lipinski definition) is 3. The maximum Gasteiger partial charge on any atom is 0.271 e. The third kappa shape index (κ3) is 2.08. The van der Waals surface area contributed by atoms with Gasteiger partial charge in [0, 0.05) is 5.56 Å². The molecule has 0 saturated carbocycles. The first-order chi connectivity index (χ1) is 6.16. The summed E-state index contributed by atoms with van der Waals surface area (Å²) >= 11 is 0. The fourth-order valence-corrected chi connectivity index (χ4v) is 1.23. The van der Waals surface area contributed by atoms with Gasteiger partial charge in [-0.05, 0) is 19.8 Å². The molecule has 0 unspecified atom stereocenters. The Morgan fingerprint density at radius 1 is 1.62 bits per heavy atom. The number of carbonyl (C=O) groups excluding carboxylic acids is 1. The topological polar surface area (TPSA) is 69.1 Å². The molecule has 0 aromatic carbocycles. The molecule has 0 radical (unpaired) electrons. The van der Waals surface area contributed by atoms with Gasteiger partial charge in [-0.15, -0.1) is 0 Å². The summed E-state index contributed by atoms with van der Waals surface area (Å²) in [6.45, 7) is 3.89. The molecule has 0 saturated heterocycles. The van der Waals surface area contributed by atoms with E-state index in [1.54, 1.807) is 6.92 Å². The van der Waals surface area contributed by atoms with Gasteiger partial charge in [0.1, 0.15) is 5.76 Å². The lowest BCUT2D eigenvalue weighted by molar-refractivity contribution is 0.0991. The summed E-state index contributed by atoms with van der Waals surface area (Å²) in [7, 11) is 0. The van der Waals surface area contributed by atoms with E-state index in [4.69, 9.17) is 10.3 Å². The zero-order chi connectivity index (χ0) is 9.84. The Balaban J connectivity index is 2.88. The molecule has 0 atom stereocenters. The highest BCUT2D eigenvalue weighted by molar-refractivity contribution is 5.92. The highest BCUT2D eigenvalue weighted by atomic mass is 16.5. The summed E-state index contributed by atoms with van der Waals surface area (Å²) < 4.78 is 4.90. The number of unbranched alkanes of at least 4 members (excludes halogenated alkanes) is 1. The van der Waals surface area contributed by atoms with Crippen molar-refractivity contribution in [2.24, 2.45) is 5.73 Å². The van der Waals surface area contributed by atoms with Gasteiger partial charge in [-0.25, -0.2) is 0 Å². The molecule has 0 fully saturated rings. The highest BCUT2D eigenvalue weighted by Crippen LogP contribution is 2.15. The van der Waals surface area contributed by atoms with Crippen molar-refractivity contribution in [1.82, 2.24) is 5.16 Å². The van der Waals surface area contributed by atoms with E-state index < -0.39 is 5.91 Å². The summed E-state index contributed by atoms with van der Waals surface area (Å²) in [5.41, 5.74) is 6.28. The predicted octanol–water partition coefficient (Wildman–Crippen LogP) is 1.42. The van der Waals surface area contributed by atoms with Gasteiger partial charge in [0.15, 0.2) is 5.69 Å². The molecule has 0 aliphatic heterocycles. The molecule has 2 N–H and O–H groups in total. The number of nitrogens with zero attached hydrogens (tertiary/aromatic N) is 1. The molecule has 4 nitrogen and oxygen atoms in total. The molecular weight excluding hydrogens is 168 g/mol. The van der Waals surface area contributed by atoms with Gasteiger partial charge in [0.2, 0.25) is 0 Å². The van der Waals surface area contributed by atoms with E-state index in [2.05, 4.69) is 12.1 Å². The number of aromatic nitrogens is 1. The number of hydrogen-bond donors (Lipinski definition) is 1. The highest BCUT2D eigenvalue weighted by Gasteiger charge is 2.16. The van der Waals surface area contributed by atoms with E-state index in [0.717, 1.165) is 24.8 Å². The lowest BCUT2D eigenvalue weighted by Gasteiger charge is -1.97. The zero-order valence-electron chi connectivity index (χ0n) is 7.96. The average molecular weight is 182 g/mol. The first-order valence-corrected chi connectivity index (χ1v) is 4.41. The fourth-order valence-electron chi connectivity index (χ4n) is 1.23. The first kappa shape index (κ1) is 9.77. The van der Waals surface area contributed by atoms with Crippen LogP contribution in [0, 0.1) is 6.92 Å². The Morgan fingerprint density at radius 3 is 2.85 bits per heavy atom. The maximum atomic E-state index is 10.9. The van der Waals surface area contributed by atoms with Crippen molar-refractivity contribution in [2.45, 2.75) is 33.1 Å². The Bertz CT molecular complexity index is 305. The average Bonchev–Trinajstić information content (AvgIpc) is 2.43. The lowest BCUT2D eigenvalue weighted by atomic mass is 10.1. The van der Waals surface area contributed by atoms with Crippen molar-refractivity contribution in [2.75, 3.05) is 0 Å². The number of carbonyl (C=O) groups is 1. The molecule has 13 heavy (non-hydrogen) atoms. The van der Waals surface area contributed by atoms with Crippen molar-refractivity contribution in [3.8, 4) is 0 Å². The second kappa shape index (κ2) is 4.07. The molecule has 0 spiro atoms. The van der Waals surface area contributed by atoms with Crippen LogP contribution < -0.4 is 5.73 Å². The van der Waals surface area contributed by atoms with E-state index in [1.165, 1.54) is 0 Å². The minimum atomic E-state index is -0.511. The summed E-state index contributed by atoms with van der Waals surface area (Å²) in [5.74, 6) is 0.185. The van der Waals surface area contributed by atoms with Gasteiger partial charge >= 0.3 is 0 Å². The van der Waals surface area contributed by atoms with Gasteiger partial charge in [-0.2, -0.15) is 0 Å². The van der Waals surface area contributed by atoms with Crippen molar-refractivity contribution in [1.29, 1.82) is 0 Å². The molecule has 0 bridgehead atoms. The smallest absolute Gasteiger partial charge is 0.271 e. The van der Waals surface area contributed by atoms with Gasteiger partial charge in [-0.3, -0.25) is 4.79 Å². The van der Waals surface area contributed by atoms with E-state index >= 15 is 0 Å². The fraction of sp³-hybridized carbons (Fsp3) is 0.556. The largest absolute Gasteiger partial charge is 0.364 e. The number of rotatable bonds is 4. The monoisotopic (exact) mass is 182 g/mol. The van der Waals surface area contributed by atoms with Crippen LogP contribution in [-0.4, -0.2) is 11.1 Å². The van der Waals surface area contributed by atoms with Crippen LogP contribution in [0.15, 0.2) is 4.52 Å². The minimum Gasteiger partial charge on any atom is -0.364 e. The van der Waals surface area contributed by atoms with Crippen LogP contribution in [0.1, 0.15) is 41.6 Å².